The number of para-hydroxylation sites is 1. The normalized spacial score (nSPS) is 11.4. The number of nitrogens with zero attached hydrogens (tertiary/aromatic N) is 1. The van der Waals surface area contributed by atoms with Crippen molar-refractivity contribution < 1.29 is 4.74 Å². The zero-order chi connectivity index (χ0) is 14.4. The maximum absolute atomic E-state index is 8.48. The summed E-state index contributed by atoms with van der Waals surface area (Å²) in [4.78, 5) is 0. The number of hydrogen-bond donors (Lipinski definition) is 1. The van der Waals surface area contributed by atoms with Crippen LogP contribution in [-0.4, -0.2) is 6.61 Å². The first-order valence-electron chi connectivity index (χ1n) is 6.62. The van der Waals surface area contributed by atoms with Crippen molar-refractivity contribution in [2.45, 2.75) is 19.9 Å². The number of anilines is 1. The Balaban J connectivity index is 2.04. The second-order valence-electron chi connectivity index (χ2n) is 4.70. The molecule has 0 aliphatic heterocycles. The van der Waals surface area contributed by atoms with E-state index in [0.29, 0.717) is 0 Å². The van der Waals surface area contributed by atoms with Gasteiger partial charge in [0.05, 0.1) is 0 Å². The molecule has 0 amide bonds. The summed E-state index contributed by atoms with van der Waals surface area (Å²) in [5.74, 6) is 0.721. The van der Waals surface area contributed by atoms with Crippen LogP contribution >= 0.6 is 0 Å². The molecule has 1 unspecified atom stereocenters. The Kier molecular flexibility index (Phi) is 4.62. The SMILES string of the molecule is Cc1ccccc1NC(C)c1ccc(OCC#N)cc1. The second-order valence-corrected chi connectivity index (χ2v) is 4.70. The van der Waals surface area contributed by atoms with Crippen molar-refractivity contribution in [1.82, 2.24) is 0 Å². The van der Waals surface area contributed by atoms with Crippen LogP contribution in [0.4, 0.5) is 5.69 Å². The largest absolute Gasteiger partial charge is 0.479 e. The van der Waals surface area contributed by atoms with Gasteiger partial charge in [0, 0.05) is 11.7 Å². The van der Waals surface area contributed by atoms with E-state index in [-0.39, 0.29) is 12.6 Å². The third-order valence-corrected chi connectivity index (χ3v) is 3.20. The number of benzene rings is 2. The average Bonchev–Trinajstić information content (AvgIpc) is 2.48. The molecule has 3 nitrogen and oxygen atoms in total. The summed E-state index contributed by atoms with van der Waals surface area (Å²) in [7, 11) is 0. The van der Waals surface area contributed by atoms with Crippen LogP contribution in [0.2, 0.25) is 0 Å². The first-order valence-corrected chi connectivity index (χ1v) is 6.62. The molecule has 0 aliphatic carbocycles. The molecule has 0 heterocycles. The first kappa shape index (κ1) is 14.0. The molecule has 1 N–H and O–H groups in total. The van der Waals surface area contributed by atoms with E-state index < -0.39 is 0 Å². The van der Waals surface area contributed by atoms with Crippen LogP contribution in [0.5, 0.6) is 5.75 Å². The van der Waals surface area contributed by atoms with Gasteiger partial charge < -0.3 is 10.1 Å². The number of rotatable bonds is 5. The lowest BCUT2D eigenvalue weighted by molar-refractivity contribution is 0.368. The van der Waals surface area contributed by atoms with Crippen molar-refractivity contribution in [2.24, 2.45) is 0 Å². The Bertz CT molecular complexity index is 599. The highest BCUT2D eigenvalue weighted by molar-refractivity contribution is 5.51. The van der Waals surface area contributed by atoms with Crippen molar-refractivity contribution in [3.05, 3.63) is 59.7 Å². The number of nitrogens with one attached hydrogen (secondary N) is 1. The summed E-state index contributed by atoms with van der Waals surface area (Å²) in [6, 6.07) is 18.2. The first-order chi connectivity index (χ1) is 9.70. The maximum atomic E-state index is 8.48. The van der Waals surface area contributed by atoms with Gasteiger partial charge in [-0.15, -0.1) is 0 Å². The number of hydrogen-bond acceptors (Lipinski definition) is 3. The van der Waals surface area contributed by atoms with Gasteiger partial charge in [-0.25, -0.2) is 0 Å². The highest BCUT2D eigenvalue weighted by atomic mass is 16.5. The topological polar surface area (TPSA) is 45.0 Å². The van der Waals surface area contributed by atoms with Gasteiger partial charge in [0.15, 0.2) is 6.61 Å². The van der Waals surface area contributed by atoms with Crippen molar-refractivity contribution >= 4 is 5.69 Å². The van der Waals surface area contributed by atoms with E-state index in [1.165, 1.54) is 11.1 Å². The highest BCUT2D eigenvalue weighted by Gasteiger charge is 2.06. The van der Waals surface area contributed by atoms with E-state index in [2.05, 4.69) is 31.3 Å². The molecule has 102 valence electrons. The van der Waals surface area contributed by atoms with Gasteiger partial charge in [-0.2, -0.15) is 5.26 Å². The van der Waals surface area contributed by atoms with Gasteiger partial charge in [-0.3, -0.25) is 0 Å². The lowest BCUT2D eigenvalue weighted by Gasteiger charge is -2.17. The third-order valence-electron chi connectivity index (χ3n) is 3.20. The molecule has 0 aromatic heterocycles. The summed E-state index contributed by atoms with van der Waals surface area (Å²) in [6.07, 6.45) is 0. The van der Waals surface area contributed by atoms with Crippen LogP contribution < -0.4 is 10.1 Å². The Morgan fingerprint density at radius 1 is 1.15 bits per heavy atom. The summed E-state index contributed by atoms with van der Waals surface area (Å²) < 4.78 is 5.25. The maximum Gasteiger partial charge on any atom is 0.174 e. The van der Waals surface area contributed by atoms with Gasteiger partial charge in [-0.05, 0) is 43.2 Å². The lowest BCUT2D eigenvalue weighted by atomic mass is 10.1. The van der Waals surface area contributed by atoms with E-state index in [9.17, 15) is 0 Å². The molecule has 0 saturated heterocycles. The van der Waals surface area contributed by atoms with E-state index in [1.807, 2.05) is 42.5 Å². The molecule has 0 bridgehead atoms. The zero-order valence-electron chi connectivity index (χ0n) is 11.8. The number of aryl methyl sites for hydroxylation is 1. The minimum absolute atomic E-state index is 0.0797. The zero-order valence-corrected chi connectivity index (χ0v) is 11.8. The standard InChI is InChI=1S/C17H18N2O/c1-13-5-3-4-6-17(13)19-14(2)15-7-9-16(10-8-15)20-12-11-18/h3-10,14,19H,12H2,1-2H3. The van der Waals surface area contributed by atoms with E-state index in [4.69, 9.17) is 10.00 Å². The molecule has 2 aromatic carbocycles. The molecular formula is C17H18N2O. The molecule has 0 spiro atoms. The van der Waals surface area contributed by atoms with Crippen molar-refractivity contribution in [3.63, 3.8) is 0 Å². The Morgan fingerprint density at radius 2 is 1.85 bits per heavy atom. The fourth-order valence-corrected chi connectivity index (χ4v) is 2.02. The molecule has 0 saturated carbocycles. The van der Waals surface area contributed by atoms with Crippen LogP contribution in [0.3, 0.4) is 0 Å². The van der Waals surface area contributed by atoms with E-state index >= 15 is 0 Å². The van der Waals surface area contributed by atoms with Gasteiger partial charge >= 0.3 is 0 Å². The molecule has 0 fully saturated rings. The van der Waals surface area contributed by atoms with E-state index in [1.54, 1.807) is 0 Å². The second kappa shape index (κ2) is 6.63. The quantitative estimate of drug-likeness (QED) is 0.887. The smallest absolute Gasteiger partial charge is 0.174 e. The fourth-order valence-electron chi connectivity index (χ4n) is 2.02. The molecule has 2 aromatic rings. The Hall–Kier alpha value is -2.47. The van der Waals surface area contributed by atoms with Crippen LogP contribution in [0.15, 0.2) is 48.5 Å². The predicted octanol–water partition coefficient (Wildman–Crippen LogP) is 4.07. The summed E-state index contributed by atoms with van der Waals surface area (Å²) >= 11 is 0. The lowest BCUT2D eigenvalue weighted by Crippen LogP contribution is -2.07. The summed E-state index contributed by atoms with van der Waals surface area (Å²) in [5.41, 5.74) is 3.55. The molecule has 2 rings (SSSR count). The number of nitriles is 1. The summed E-state index contributed by atoms with van der Waals surface area (Å²) in [5, 5.41) is 12.0. The highest BCUT2D eigenvalue weighted by Crippen LogP contribution is 2.23. The minimum atomic E-state index is 0.0797. The van der Waals surface area contributed by atoms with Crippen molar-refractivity contribution in [2.75, 3.05) is 11.9 Å². The van der Waals surface area contributed by atoms with Gasteiger partial charge in [0.1, 0.15) is 11.8 Å². The van der Waals surface area contributed by atoms with Crippen LogP contribution in [0.1, 0.15) is 24.1 Å². The van der Waals surface area contributed by atoms with Gasteiger partial charge in [0.2, 0.25) is 0 Å². The van der Waals surface area contributed by atoms with Crippen molar-refractivity contribution in [3.8, 4) is 11.8 Å². The Labute approximate surface area is 119 Å². The molecular weight excluding hydrogens is 248 g/mol. The molecule has 20 heavy (non-hydrogen) atoms. The molecule has 1 atom stereocenters. The van der Waals surface area contributed by atoms with Crippen LogP contribution in [0.25, 0.3) is 0 Å². The number of ether oxygens (including phenoxy) is 1. The monoisotopic (exact) mass is 266 g/mol. The third kappa shape index (κ3) is 3.52. The fraction of sp³-hybridized carbons (Fsp3) is 0.235. The minimum Gasteiger partial charge on any atom is -0.479 e. The van der Waals surface area contributed by atoms with Gasteiger partial charge in [0.25, 0.3) is 0 Å². The van der Waals surface area contributed by atoms with Crippen LogP contribution in [0, 0.1) is 18.3 Å². The average molecular weight is 266 g/mol. The molecule has 0 radical (unpaired) electrons. The molecule has 0 aliphatic rings. The summed E-state index contributed by atoms with van der Waals surface area (Å²) in [6.45, 7) is 4.29. The van der Waals surface area contributed by atoms with E-state index in [0.717, 1.165) is 11.4 Å². The Morgan fingerprint density at radius 3 is 2.50 bits per heavy atom. The van der Waals surface area contributed by atoms with Gasteiger partial charge in [-0.1, -0.05) is 30.3 Å². The molecule has 3 heteroatoms. The predicted molar refractivity (Wildman–Crippen MR) is 80.8 cm³/mol. The van der Waals surface area contributed by atoms with Crippen molar-refractivity contribution in [1.29, 1.82) is 5.26 Å². The van der Waals surface area contributed by atoms with Crippen LogP contribution in [-0.2, 0) is 0 Å².